The van der Waals surface area contributed by atoms with E-state index >= 15 is 0 Å². The van der Waals surface area contributed by atoms with Crippen molar-refractivity contribution in [2.45, 2.75) is 26.4 Å². The van der Waals surface area contributed by atoms with E-state index in [-0.39, 0.29) is 0 Å². The van der Waals surface area contributed by atoms with Gasteiger partial charge in [-0.15, -0.1) is 0 Å². The Kier molecular flexibility index (Phi) is 3.52. The summed E-state index contributed by atoms with van der Waals surface area (Å²) in [4.78, 5) is 17.3. The number of aliphatic hydroxyl groups is 1. The first-order chi connectivity index (χ1) is 8.49. The first-order valence-electron chi connectivity index (χ1n) is 6.09. The molecule has 1 aromatic rings. The van der Waals surface area contributed by atoms with Crippen LogP contribution in [-0.4, -0.2) is 40.4 Å². The summed E-state index contributed by atoms with van der Waals surface area (Å²) in [6.45, 7) is 4.88. The van der Waals surface area contributed by atoms with Crippen LogP contribution in [0.5, 0.6) is 0 Å². The van der Waals surface area contributed by atoms with Crippen molar-refractivity contribution in [1.82, 2.24) is 4.98 Å². The summed E-state index contributed by atoms with van der Waals surface area (Å²) in [5.74, 6) is -0.774. The average Bonchev–Trinajstić information content (AvgIpc) is 2.32. The summed E-state index contributed by atoms with van der Waals surface area (Å²) in [5.41, 5.74) is 2.09. The molecule has 0 aliphatic carbocycles. The van der Waals surface area contributed by atoms with Gasteiger partial charge >= 0.3 is 5.97 Å². The van der Waals surface area contributed by atoms with Crippen molar-refractivity contribution in [3.05, 3.63) is 23.4 Å². The summed E-state index contributed by atoms with van der Waals surface area (Å²) in [6.07, 6.45) is -0.384. The molecule has 1 aliphatic rings. The van der Waals surface area contributed by atoms with Gasteiger partial charge in [-0.1, -0.05) is 6.07 Å². The molecule has 1 saturated heterocycles. The van der Waals surface area contributed by atoms with Gasteiger partial charge in [0.25, 0.3) is 0 Å². The lowest BCUT2D eigenvalue weighted by Crippen LogP contribution is -2.46. The van der Waals surface area contributed by atoms with E-state index in [1.54, 1.807) is 0 Å². The van der Waals surface area contributed by atoms with Crippen LogP contribution in [0.3, 0.4) is 0 Å². The number of nitrogens with zero attached hydrogens (tertiary/aromatic N) is 2. The Bertz CT molecular complexity index is 462. The van der Waals surface area contributed by atoms with E-state index < -0.39 is 18.0 Å². The first-order valence-corrected chi connectivity index (χ1v) is 6.09. The van der Waals surface area contributed by atoms with Crippen LogP contribution >= 0.6 is 0 Å². The molecule has 98 valence electrons. The van der Waals surface area contributed by atoms with Gasteiger partial charge < -0.3 is 15.1 Å². The third-order valence-corrected chi connectivity index (χ3v) is 3.56. The van der Waals surface area contributed by atoms with Gasteiger partial charge in [-0.2, -0.15) is 0 Å². The Morgan fingerprint density at radius 2 is 2.17 bits per heavy atom. The van der Waals surface area contributed by atoms with Crippen molar-refractivity contribution < 1.29 is 15.0 Å². The minimum Gasteiger partial charge on any atom is -0.481 e. The molecule has 0 saturated carbocycles. The zero-order valence-electron chi connectivity index (χ0n) is 10.6. The molecule has 0 bridgehead atoms. The second kappa shape index (κ2) is 4.94. The van der Waals surface area contributed by atoms with Crippen LogP contribution in [0.15, 0.2) is 12.1 Å². The summed E-state index contributed by atoms with van der Waals surface area (Å²) in [6, 6.07) is 3.91. The number of aliphatic carboxylic acids is 1. The zero-order valence-corrected chi connectivity index (χ0v) is 10.6. The number of rotatable bonds is 2. The number of aryl methyl sites for hydroxylation is 2. The minimum atomic E-state index is -0.921. The number of hydrogen-bond donors (Lipinski definition) is 2. The summed E-state index contributed by atoms with van der Waals surface area (Å²) in [7, 11) is 0. The van der Waals surface area contributed by atoms with Gasteiger partial charge in [0, 0.05) is 18.8 Å². The Hall–Kier alpha value is -1.62. The fourth-order valence-electron chi connectivity index (χ4n) is 2.22. The maximum Gasteiger partial charge on any atom is 0.309 e. The number of pyridine rings is 1. The second-order valence-electron chi connectivity index (χ2n) is 4.82. The molecular formula is C13H18N2O3. The molecule has 2 atom stereocenters. The highest BCUT2D eigenvalue weighted by molar-refractivity contribution is 5.71. The van der Waals surface area contributed by atoms with Crippen LogP contribution in [0.4, 0.5) is 5.82 Å². The molecule has 5 heteroatoms. The Morgan fingerprint density at radius 1 is 1.44 bits per heavy atom. The lowest BCUT2D eigenvalue weighted by molar-refractivity contribution is -0.146. The first kappa shape index (κ1) is 12.8. The van der Waals surface area contributed by atoms with Gasteiger partial charge in [0.05, 0.1) is 12.0 Å². The van der Waals surface area contributed by atoms with Crippen LogP contribution in [-0.2, 0) is 4.79 Å². The molecule has 0 unspecified atom stereocenters. The van der Waals surface area contributed by atoms with Gasteiger partial charge in [-0.25, -0.2) is 4.98 Å². The number of aromatic nitrogens is 1. The largest absolute Gasteiger partial charge is 0.481 e. The fraction of sp³-hybridized carbons (Fsp3) is 0.538. The SMILES string of the molecule is Cc1ccc(N2CC[C@H](C(=O)O)[C@H](O)C2)nc1C. The normalized spacial score (nSPS) is 24.1. The zero-order chi connectivity index (χ0) is 13.3. The van der Waals surface area contributed by atoms with Crippen LogP contribution in [0, 0.1) is 19.8 Å². The van der Waals surface area contributed by atoms with Crippen LogP contribution in [0.2, 0.25) is 0 Å². The Morgan fingerprint density at radius 3 is 2.72 bits per heavy atom. The molecule has 2 N–H and O–H groups in total. The molecule has 5 nitrogen and oxygen atoms in total. The van der Waals surface area contributed by atoms with E-state index in [2.05, 4.69) is 4.98 Å². The van der Waals surface area contributed by atoms with Crippen LogP contribution < -0.4 is 4.90 Å². The molecule has 0 radical (unpaired) electrons. The minimum absolute atomic E-state index is 0.326. The topological polar surface area (TPSA) is 73.7 Å². The third-order valence-electron chi connectivity index (χ3n) is 3.56. The van der Waals surface area contributed by atoms with E-state index in [0.29, 0.717) is 19.5 Å². The molecule has 0 aromatic carbocycles. The number of hydrogen-bond acceptors (Lipinski definition) is 4. The van der Waals surface area contributed by atoms with Crippen molar-refractivity contribution >= 4 is 11.8 Å². The van der Waals surface area contributed by atoms with Crippen LogP contribution in [0.25, 0.3) is 0 Å². The molecule has 1 aromatic heterocycles. The molecule has 2 rings (SSSR count). The quantitative estimate of drug-likeness (QED) is 0.818. The highest BCUT2D eigenvalue weighted by Gasteiger charge is 2.33. The number of carbonyl (C=O) groups is 1. The van der Waals surface area contributed by atoms with Gasteiger partial charge in [0.1, 0.15) is 5.82 Å². The second-order valence-corrected chi connectivity index (χ2v) is 4.82. The van der Waals surface area contributed by atoms with Crippen LogP contribution in [0.1, 0.15) is 17.7 Å². The molecule has 0 spiro atoms. The summed E-state index contributed by atoms with van der Waals surface area (Å²) < 4.78 is 0. The number of anilines is 1. The van der Waals surface area contributed by atoms with E-state index in [4.69, 9.17) is 5.11 Å². The molecule has 2 heterocycles. The predicted octanol–water partition coefficient (Wildman–Crippen LogP) is 0.970. The number of aliphatic hydroxyl groups excluding tert-OH is 1. The van der Waals surface area contributed by atoms with Crippen molar-refractivity contribution in [3.63, 3.8) is 0 Å². The van der Waals surface area contributed by atoms with Crippen molar-refractivity contribution in [2.24, 2.45) is 5.92 Å². The average molecular weight is 250 g/mol. The monoisotopic (exact) mass is 250 g/mol. The van der Waals surface area contributed by atoms with E-state index in [9.17, 15) is 9.90 Å². The van der Waals surface area contributed by atoms with Gasteiger partial charge in [0.2, 0.25) is 0 Å². The predicted molar refractivity (Wildman–Crippen MR) is 67.7 cm³/mol. The van der Waals surface area contributed by atoms with E-state index in [0.717, 1.165) is 17.1 Å². The molecule has 18 heavy (non-hydrogen) atoms. The maximum absolute atomic E-state index is 10.9. The Balaban J connectivity index is 2.12. The third kappa shape index (κ3) is 2.46. The highest BCUT2D eigenvalue weighted by atomic mass is 16.4. The number of carboxylic acids is 1. The molecular weight excluding hydrogens is 232 g/mol. The number of piperidine rings is 1. The highest BCUT2D eigenvalue weighted by Crippen LogP contribution is 2.23. The van der Waals surface area contributed by atoms with E-state index in [1.165, 1.54) is 0 Å². The molecule has 0 amide bonds. The van der Waals surface area contributed by atoms with Gasteiger partial charge in [0.15, 0.2) is 0 Å². The maximum atomic E-state index is 10.9. The number of carboxylic acid groups (broad SMARTS) is 1. The van der Waals surface area contributed by atoms with Crippen molar-refractivity contribution in [1.29, 1.82) is 0 Å². The molecule has 1 fully saturated rings. The smallest absolute Gasteiger partial charge is 0.309 e. The van der Waals surface area contributed by atoms with Crippen molar-refractivity contribution in [3.8, 4) is 0 Å². The Labute approximate surface area is 106 Å². The van der Waals surface area contributed by atoms with Gasteiger partial charge in [-0.3, -0.25) is 4.79 Å². The van der Waals surface area contributed by atoms with Crippen molar-refractivity contribution in [2.75, 3.05) is 18.0 Å². The lowest BCUT2D eigenvalue weighted by Gasteiger charge is -2.34. The van der Waals surface area contributed by atoms with E-state index in [1.807, 2.05) is 30.9 Å². The molecule has 1 aliphatic heterocycles. The lowest BCUT2D eigenvalue weighted by atomic mass is 9.94. The fourth-order valence-corrected chi connectivity index (χ4v) is 2.22. The standard InChI is InChI=1S/C13H18N2O3/c1-8-3-4-12(14-9(8)2)15-6-5-10(13(17)18)11(16)7-15/h3-4,10-11,16H,5-7H2,1-2H3,(H,17,18)/t10-,11+/m0/s1. The number of β-amino-alcohol motifs (C(OH)–C–C–N with tert-alkyl or cyclic N) is 1. The van der Waals surface area contributed by atoms with Gasteiger partial charge in [-0.05, 0) is 31.9 Å². The summed E-state index contributed by atoms with van der Waals surface area (Å²) in [5, 5.41) is 18.8. The summed E-state index contributed by atoms with van der Waals surface area (Å²) >= 11 is 0.